The number of piperidine rings is 1. The maximum absolute atomic E-state index is 13.2. The van der Waals surface area contributed by atoms with Crippen molar-refractivity contribution in [1.29, 1.82) is 0 Å². The Morgan fingerprint density at radius 2 is 1.64 bits per heavy atom. The molecular weight excluding hydrogens is 356 g/mol. The molecule has 2 amide bonds. The van der Waals surface area contributed by atoms with Crippen LogP contribution in [0.1, 0.15) is 29.7 Å². The highest BCUT2D eigenvalue weighted by atomic mass is 16.3. The van der Waals surface area contributed by atoms with E-state index in [1.807, 2.05) is 30.3 Å². The van der Waals surface area contributed by atoms with E-state index in [0.717, 1.165) is 5.56 Å². The van der Waals surface area contributed by atoms with Crippen LogP contribution in [0.15, 0.2) is 66.7 Å². The summed E-state index contributed by atoms with van der Waals surface area (Å²) >= 11 is 0. The molecule has 7 rings (SSSR count). The van der Waals surface area contributed by atoms with Crippen molar-refractivity contribution in [2.75, 3.05) is 4.90 Å². The molecule has 2 bridgehead atoms. The Morgan fingerprint density at radius 3 is 2.43 bits per heavy atom. The van der Waals surface area contributed by atoms with Crippen LogP contribution in [0.4, 0.5) is 5.69 Å². The van der Waals surface area contributed by atoms with E-state index in [2.05, 4.69) is 0 Å². The van der Waals surface area contributed by atoms with Gasteiger partial charge in [0, 0.05) is 11.5 Å². The van der Waals surface area contributed by atoms with E-state index in [0.29, 0.717) is 11.3 Å². The fraction of sp³-hybridized carbons (Fsp3) is 0.273. The minimum absolute atomic E-state index is 0.256. The minimum atomic E-state index is -1.35. The van der Waals surface area contributed by atoms with Crippen molar-refractivity contribution in [1.82, 2.24) is 4.90 Å². The van der Waals surface area contributed by atoms with Gasteiger partial charge in [-0.3, -0.25) is 19.4 Å². The van der Waals surface area contributed by atoms with Crippen LogP contribution in [-0.4, -0.2) is 38.2 Å². The van der Waals surface area contributed by atoms with E-state index in [1.165, 1.54) is 9.80 Å². The first-order valence-corrected chi connectivity index (χ1v) is 9.41. The fourth-order valence-electron chi connectivity index (χ4n) is 5.72. The minimum Gasteiger partial charge on any atom is -0.388 e. The number of carbonyl (C=O) groups excluding carboxylic acids is 2. The largest absolute Gasteiger partial charge is 0.388 e. The number of nitrogens with zero attached hydrogens (tertiary/aromatic N) is 2. The van der Waals surface area contributed by atoms with Gasteiger partial charge in [0.2, 0.25) is 0 Å². The van der Waals surface area contributed by atoms with Gasteiger partial charge in [0.15, 0.2) is 0 Å². The van der Waals surface area contributed by atoms with Gasteiger partial charge in [0.05, 0.1) is 17.8 Å². The maximum atomic E-state index is 13.2. The molecule has 2 aromatic rings. The second kappa shape index (κ2) is 4.90. The average Bonchev–Trinajstić information content (AvgIpc) is 2.94. The standard InChI is InChI=1S/C22H18N2O4/c25-17-14-8-4-5-9-16(14)23-19(26)20(27)24-18(13-6-2-1-3-7-13)21(28)10-11-22(23,24)15(17)12-21/h1-11,15,17-18,25,28H,12H2/t15-,17+,18+,21+,22?/m0/s1. The summed E-state index contributed by atoms with van der Waals surface area (Å²) < 4.78 is 0. The molecule has 6 heteroatoms. The van der Waals surface area contributed by atoms with E-state index in [4.69, 9.17) is 0 Å². The lowest BCUT2D eigenvalue weighted by Crippen LogP contribution is -2.72. The van der Waals surface area contributed by atoms with Gasteiger partial charge in [-0.2, -0.15) is 0 Å². The summed E-state index contributed by atoms with van der Waals surface area (Å²) in [5.41, 5.74) is -0.527. The number of para-hydroxylation sites is 1. The molecule has 1 unspecified atom stereocenters. The van der Waals surface area contributed by atoms with Crippen molar-refractivity contribution < 1.29 is 19.8 Å². The summed E-state index contributed by atoms with van der Waals surface area (Å²) in [6.07, 6.45) is 2.81. The second-order valence-electron chi connectivity index (χ2n) is 8.05. The predicted molar refractivity (Wildman–Crippen MR) is 99.8 cm³/mol. The third-order valence-corrected chi connectivity index (χ3v) is 6.78. The number of benzene rings is 2. The predicted octanol–water partition coefficient (Wildman–Crippen LogP) is 1.67. The summed E-state index contributed by atoms with van der Waals surface area (Å²) in [5.74, 6) is -1.78. The molecule has 2 saturated heterocycles. The lowest BCUT2D eigenvalue weighted by molar-refractivity contribution is -0.172. The second-order valence-corrected chi connectivity index (χ2v) is 8.05. The summed E-state index contributed by atoms with van der Waals surface area (Å²) in [6.45, 7) is 0. The van der Waals surface area contributed by atoms with Crippen molar-refractivity contribution in [3.05, 3.63) is 77.9 Å². The molecule has 4 heterocycles. The van der Waals surface area contributed by atoms with Crippen LogP contribution in [0.2, 0.25) is 0 Å². The van der Waals surface area contributed by atoms with Crippen LogP contribution in [0.5, 0.6) is 0 Å². The number of aliphatic hydroxyl groups excluding tert-OH is 1. The molecule has 2 aromatic carbocycles. The summed E-state index contributed by atoms with van der Waals surface area (Å²) in [7, 11) is 0. The molecule has 4 aliphatic heterocycles. The lowest BCUT2D eigenvalue weighted by Gasteiger charge is -2.63. The Hall–Kier alpha value is -2.96. The Kier molecular flexibility index (Phi) is 2.81. The van der Waals surface area contributed by atoms with E-state index in [1.54, 1.807) is 36.4 Å². The van der Waals surface area contributed by atoms with E-state index >= 15 is 0 Å². The number of carbonyl (C=O) groups is 2. The number of amides is 2. The quantitative estimate of drug-likeness (QED) is 0.588. The SMILES string of the molecule is O=C1C(=O)N2[C@H](c3ccccc3)[C@@]3(O)C=CC24[C@@H](C3)[C@H](O)c2ccccc2N14. The zero-order valence-electron chi connectivity index (χ0n) is 14.9. The fourth-order valence-corrected chi connectivity index (χ4v) is 5.72. The normalized spacial score (nSPS) is 37.3. The Balaban J connectivity index is 1.66. The molecular formula is C22H18N2O4. The molecule has 0 aromatic heterocycles. The van der Waals surface area contributed by atoms with Gasteiger partial charge in [-0.15, -0.1) is 0 Å². The average molecular weight is 374 g/mol. The molecule has 140 valence electrons. The first-order valence-electron chi connectivity index (χ1n) is 9.41. The molecule has 2 N–H and O–H groups in total. The molecule has 5 atom stereocenters. The Bertz CT molecular complexity index is 1070. The van der Waals surface area contributed by atoms with E-state index in [-0.39, 0.29) is 6.42 Å². The summed E-state index contributed by atoms with van der Waals surface area (Å²) in [4.78, 5) is 29.4. The van der Waals surface area contributed by atoms with Crippen LogP contribution in [0.25, 0.3) is 0 Å². The zero-order valence-corrected chi connectivity index (χ0v) is 14.9. The van der Waals surface area contributed by atoms with Crippen LogP contribution >= 0.6 is 0 Å². The number of fused-ring (bicyclic) bond motifs is 2. The molecule has 1 aliphatic carbocycles. The van der Waals surface area contributed by atoms with Gasteiger partial charge >= 0.3 is 11.8 Å². The molecule has 6 nitrogen and oxygen atoms in total. The monoisotopic (exact) mass is 374 g/mol. The molecule has 5 aliphatic rings. The smallest absolute Gasteiger partial charge is 0.318 e. The molecule has 0 saturated carbocycles. The van der Waals surface area contributed by atoms with Crippen LogP contribution in [0, 0.1) is 5.92 Å². The zero-order chi connectivity index (χ0) is 19.3. The van der Waals surface area contributed by atoms with Gasteiger partial charge < -0.3 is 10.2 Å². The summed E-state index contributed by atoms with van der Waals surface area (Å²) in [6, 6.07) is 15.7. The van der Waals surface area contributed by atoms with Crippen molar-refractivity contribution in [3.63, 3.8) is 0 Å². The molecule has 2 fully saturated rings. The Labute approximate surface area is 161 Å². The van der Waals surface area contributed by atoms with Gasteiger partial charge in [-0.25, -0.2) is 0 Å². The van der Waals surface area contributed by atoms with Crippen LogP contribution in [0.3, 0.4) is 0 Å². The van der Waals surface area contributed by atoms with Gasteiger partial charge in [0.1, 0.15) is 11.3 Å². The van der Waals surface area contributed by atoms with Crippen LogP contribution < -0.4 is 4.90 Å². The Morgan fingerprint density at radius 1 is 0.929 bits per heavy atom. The van der Waals surface area contributed by atoms with Crippen molar-refractivity contribution >= 4 is 17.5 Å². The first kappa shape index (κ1) is 16.0. The third-order valence-electron chi connectivity index (χ3n) is 6.78. The lowest BCUT2D eigenvalue weighted by atomic mass is 9.61. The highest BCUT2D eigenvalue weighted by Gasteiger charge is 2.73. The van der Waals surface area contributed by atoms with Gasteiger partial charge in [-0.1, -0.05) is 54.6 Å². The van der Waals surface area contributed by atoms with Crippen LogP contribution in [-0.2, 0) is 9.59 Å². The number of aliphatic hydroxyl groups is 2. The topological polar surface area (TPSA) is 81.1 Å². The number of hydrogen-bond donors (Lipinski definition) is 2. The highest BCUT2D eigenvalue weighted by molar-refractivity contribution is 6.44. The number of hydrogen-bond acceptors (Lipinski definition) is 4. The van der Waals surface area contributed by atoms with Crippen molar-refractivity contribution in [3.8, 4) is 0 Å². The van der Waals surface area contributed by atoms with Crippen molar-refractivity contribution in [2.45, 2.75) is 29.8 Å². The molecule has 28 heavy (non-hydrogen) atoms. The molecule has 1 spiro atoms. The maximum Gasteiger partial charge on any atom is 0.318 e. The third kappa shape index (κ3) is 1.58. The number of anilines is 1. The van der Waals surface area contributed by atoms with Crippen molar-refractivity contribution in [2.24, 2.45) is 5.92 Å². The first-order chi connectivity index (χ1) is 13.5. The van der Waals surface area contributed by atoms with Gasteiger partial charge in [-0.05, 0) is 24.1 Å². The van der Waals surface area contributed by atoms with Gasteiger partial charge in [0.25, 0.3) is 0 Å². The van der Waals surface area contributed by atoms with E-state index in [9.17, 15) is 19.8 Å². The number of rotatable bonds is 1. The highest BCUT2D eigenvalue weighted by Crippen LogP contribution is 2.63. The molecule has 0 radical (unpaired) electrons. The summed E-state index contributed by atoms with van der Waals surface area (Å²) in [5, 5.41) is 22.7. The van der Waals surface area contributed by atoms with E-state index < -0.39 is 41.1 Å².